The first-order chi connectivity index (χ1) is 18.5. The molecule has 2 aromatic heterocycles. The summed E-state index contributed by atoms with van der Waals surface area (Å²) in [4.78, 5) is 20.4. The van der Waals surface area contributed by atoms with Crippen molar-refractivity contribution < 1.29 is 19.5 Å². The van der Waals surface area contributed by atoms with Gasteiger partial charge in [-0.3, -0.25) is 4.79 Å². The molecule has 0 spiro atoms. The number of nitrogens with one attached hydrogen (secondary N) is 1. The highest BCUT2D eigenvalue weighted by Gasteiger charge is 2.35. The highest BCUT2D eigenvalue weighted by atomic mass is 16.5. The van der Waals surface area contributed by atoms with E-state index in [2.05, 4.69) is 61.4 Å². The van der Waals surface area contributed by atoms with Crippen molar-refractivity contribution in [2.45, 2.75) is 44.4 Å². The van der Waals surface area contributed by atoms with Crippen molar-refractivity contribution in [1.82, 2.24) is 25.0 Å². The maximum absolute atomic E-state index is 12.3. The lowest BCUT2D eigenvalue weighted by atomic mass is 9.71. The van der Waals surface area contributed by atoms with E-state index < -0.39 is 6.10 Å². The van der Waals surface area contributed by atoms with Crippen LogP contribution < -0.4 is 5.32 Å². The van der Waals surface area contributed by atoms with Gasteiger partial charge in [0, 0.05) is 18.3 Å². The van der Waals surface area contributed by atoms with Crippen LogP contribution in [0.15, 0.2) is 77.9 Å². The molecule has 196 valence electrons. The second-order valence-electron chi connectivity index (χ2n) is 9.65. The zero-order valence-electron chi connectivity index (χ0n) is 21.1. The molecule has 1 amide bonds. The molecule has 38 heavy (non-hydrogen) atoms. The minimum atomic E-state index is -0.711. The van der Waals surface area contributed by atoms with E-state index in [0.29, 0.717) is 17.6 Å². The number of hydrogen-bond acceptors (Lipinski definition) is 7. The maximum Gasteiger partial charge on any atom is 0.223 e. The Labute approximate surface area is 220 Å². The first-order valence-corrected chi connectivity index (χ1v) is 12.7. The van der Waals surface area contributed by atoms with Crippen LogP contribution in [-0.4, -0.2) is 42.4 Å². The van der Waals surface area contributed by atoms with E-state index in [-0.39, 0.29) is 31.0 Å². The van der Waals surface area contributed by atoms with Gasteiger partial charge in [0.2, 0.25) is 12.3 Å². The number of rotatable bonds is 10. The zero-order chi connectivity index (χ0) is 26.5. The molecule has 2 aromatic carbocycles. The van der Waals surface area contributed by atoms with E-state index >= 15 is 0 Å². The highest BCUT2D eigenvalue weighted by molar-refractivity contribution is 5.79. The number of benzene rings is 2. The molecule has 5 rings (SSSR count). The SMILES string of the molecule is CC(O)c1nccn1C(/C=C/c1ccc(-c2ccc(C3CC(C(=O)NCc4ncon4)C3)cc2)cc1)CO. The van der Waals surface area contributed by atoms with Gasteiger partial charge in [0.15, 0.2) is 5.82 Å². The molecule has 2 atom stereocenters. The normalized spacial score (nSPS) is 18.7. The predicted molar refractivity (Wildman–Crippen MR) is 142 cm³/mol. The molecule has 3 N–H and O–H groups in total. The number of aliphatic hydroxyl groups is 2. The summed E-state index contributed by atoms with van der Waals surface area (Å²) >= 11 is 0. The van der Waals surface area contributed by atoms with Gasteiger partial charge >= 0.3 is 0 Å². The smallest absolute Gasteiger partial charge is 0.223 e. The van der Waals surface area contributed by atoms with Crippen molar-refractivity contribution in [3.05, 3.63) is 96.2 Å². The van der Waals surface area contributed by atoms with Crippen LogP contribution in [0.4, 0.5) is 0 Å². The van der Waals surface area contributed by atoms with Gasteiger partial charge in [0.05, 0.1) is 19.2 Å². The van der Waals surface area contributed by atoms with Crippen LogP contribution in [0.1, 0.15) is 60.6 Å². The van der Waals surface area contributed by atoms with Crippen LogP contribution in [0.25, 0.3) is 17.2 Å². The third-order valence-electron chi connectivity index (χ3n) is 7.09. The molecule has 9 nitrogen and oxygen atoms in total. The van der Waals surface area contributed by atoms with Gasteiger partial charge in [0.1, 0.15) is 11.9 Å². The number of aliphatic hydroxyl groups excluding tert-OH is 2. The van der Waals surface area contributed by atoms with Gasteiger partial charge < -0.3 is 24.6 Å². The summed E-state index contributed by atoms with van der Waals surface area (Å²) in [5.74, 6) is 1.44. The lowest BCUT2D eigenvalue weighted by Gasteiger charge is -2.34. The van der Waals surface area contributed by atoms with Crippen LogP contribution in [-0.2, 0) is 11.3 Å². The highest BCUT2D eigenvalue weighted by Crippen LogP contribution is 2.42. The molecule has 9 heteroatoms. The Kier molecular flexibility index (Phi) is 7.76. The van der Waals surface area contributed by atoms with E-state index in [1.54, 1.807) is 23.9 Å². The Morgan fingerprint density at radius 1 is 1.13 bits per heavy atom. The molecule has 0 bridgehead atoms. The summed E-state index contributed by atoms with van der Waals surface area (Å²) in [5.41, 5.74) is 4.51. The van der Waals surface area contributed by atoms with E-state index in [1.165, 1.54) is 12.0 Å². The molecule has 0 aliphatic heterocycles. The van der Waals surface area contributed by atoms with Crippen molar-refractivity contribution in [2.75, 3.05) is 6.61 Å². The molecular formula is C29H31N5O4. The topological polar surface area (TPSA) is 126 Å². The standard InChI is InChI=1S/C29H31N5O4/c1-19(36)28-30-12-13-34(28)26(17-35)11-4-20-2-5-21(6-3-20)22-7-9-23(10-8-22)24-14-25(15-24)29(37)31-16-27-32-18-38-33-27/h2-13,18-19,24-26,35-36H,14-17H2,1H3,(H,31,37)/b11-4+. The number of nitrogens with zero attached hydrogens (tertiary/aromatic N) is 4. The van der Waals surface area contributed by atoms with Gasteiger partial charge in [-0.2, -0.15) is 4.98 Å². The summed E-state index contributed by atoms with van der Waals surface area (Å²) < 4.78 is 6.46. The first-order valence-electron chi connectivity index (χ1n) is 12.7. The van der Waals surface area contributed by atoms with E-state index in [4.69, 9.17) is 0 Å². The van der Waals surface area contributed by atoms with Gasteiger partial charge in [-0.25, -0.2) is 4.98 Å². The lowest BCUT2D eigenvalue weighted by molar-refractivity contribution is -0.128. The molecule has 1 aliphatic carbocycles. The number of carbonyl (C=O) groups is 1. The van der Waals surface area contributed by atoms with Crippen LogP contribution in [0.5, 0.6) is 0 Å². The minimum Gasteiger partial charge on any atom is -0.394 e. The van der Waals surface area contributed by atoms with Gasteiger partial charge in [0.25, 0.3) is 0 Å². The van der Waals surface area contributed by atoms with E-state index in [0.717, 1.165) is 29.5 Å². The maximum atomic E-state index is 12.3. The molecule has 0 saturated heterocycles. The predicted octanol–water partition coefficient (Wildman–Crippen LogP) is 4.04. The number of imidazole rings is 1. The Morgan fingerprint density at radius 3 is 2.47 bits per heavy atom. The Morgan fingerprint density at radius 2 is 1.84 bits per heavy atom. The Hall–Kier alpha value is -4.08. The van der Waals surface area contributed by atoms with Crippen molar-refractivity contribution in [3.8, 4) is 11.1 Å². The summed E-state index contributed by atoms with van der Waals surface area (Å²) in [6.07, 6.45) is 9.48. The second kappa shape index (κ2) is 11.5. The van der Waals surface area contributed by atoms with Crippen LogP contribution in [0, 0.1) is 5.92 Å². The second-order valence-corrected chi connectivity index (χ2v) is 9.65. The van der Waals surface area contributed by atoms with Gasteiger partial charge in [-0.05, 0) is 47.9 Å². The fourth-order valence-electron chi connectivity index (χ4n) is 4.81. The average Bonchev–Trinajstić information content (AvgIpc) is 3.61. The summed E-state index contributed by atoms with van der Waals surface area (Å²) in [6.45, 7) is 1.85. The third-order valence-corrected chi connectivity index (χ3v) is 7.09. The summed E-state index contributed by atoms with van der Waals surface area (Å²) in [5, 5.41) is 26.3. The number of aromatic nitrogens is 4. The number of hydrogen-bond donors (Lipinski definition) is 3. The molecule has 2 heterocycles. The molecule has 1 fully saturated rings. The zero-order valence-corrected chi connectivity index (χ0v) is 21.1. The Bertz CT molecular complexity index is 1350. The molecule has 2 unspecified atom stereocenters. The van der Waals surface area contributed by atoms with E-state index in [9.17, 15) is 15.0 Å². The van der Waals surface area contributed by atoms with Crippen molar-refractivity contribution in [1.29, 1.82) is 0 Å². The lowest BCUT2D eigenvalue weighted by Crippen LogP contribution is -2.37. The van der Waals surface area contributed by atoms with Crippen LogP contribution in [0.3, 0.4) is 0 Å². The summed E-state index contributed by atoms with van der Waals surface area (Å²) in [6, 6.07) is 16.5. The summed E-state index contributed by atoms with van der Waals surface area (Å²) in [7, 11) is 0. The molecule has 4 aromatic rings. The van der Waals surface area contributed by atoms with Gasteiger partial charge in [-0.1, -0.05) is 65.8 Å². The van der Waals surface area contributed by atoms with Gasteiger partial charge in [-0.15, -0.1) is 0 Å². The first kappa shape index (κ1) is 25.6. The van der Waals surface area contributed by atoms with Crippen molar-refractivity contribution in [2.24, 2.45) is 5.92 Å². The molecule has 1 aliphatic rings. The van der Waals surface area contributed by atoms with Crippen molar-refractivity contribution >= 4 is 12.0 Å². The average molecular weight is 514 g/mol. The number of amides is 1. The molecular weight excluding hydrogens is 482 g/mol. The largest absolute Gasteiger partial charge is 0.394 e. The molecule has 1 saturated carbocycles. The van der Waals surface area contributed by atoms with Crippen molar-refractivity contribution in [3.63, 3.8) is 0 Å². The van der Waals surface area contributed by atoms with Crippen LogP contribution >= 0.6 is 0 Å². The van der Waals surface area contributed by atoms with Crippen LogP contribution in [0.2, 0.25) is 0 Å². The van der Waals surface area contributed by atoms with E-state index in [1.807, 2.05) is 24.3 Å². The fourth-order valence-corrected chi connectivity index (χ4v) is 4.81. The Balaban J connectivity index is 1.15. The third kappa shape index (κ3) is 5.74. The minimum absolute atomic E-state index is 0.0185. The molecule has 0 radical (unpaired) electrons. The quantitative estimate of drug-likeness (QED) is 0.292. The fraction of sp³-hybridized carbons (Fsp3) is 0.310. The number of carbonyl (C=O) groups excluding carboxylic acids is 1. The monoisotopic (exact) mass is 513 g/mol.